The number of hydrogen-bond acceptors (Lipinski definition) is 10. The van der Waals surface area contributed by atoms with E-state index in [1.807, 2.05) is 31.1 Å². The quantitative estimate of drug-likeness (QED) is 0.279. The van der Waals surface area contributed by atoms with Gasteiger partial charge >= 0.3 is 0 Å². The van der Waals surface area contributed by atoms with Crippen molar-refractivity contribution in [2.24, 2.45) is 20.6 Å². The van der Waals surface area contributed by atoms with E-state index in [4.69, 9.17) is 20.8 Å². The molecule has 1 rings (SSSR count). The van der Waals surface area contributed by atoms with E-state index in [2.05, 4.69) is 25.6 Å². The van der Waals surface area contributed by atoms with Crippen LogP contribution in [-0.4, -0.2) is 62.8 Å². The summed E-state index contributed by atoms with van der Waals surface area (Å²) in [4.78, 5) is 5.94. The Morgan fingerprint density at radius 2 is 1.00 bits per heavy atom. The molecule has 10 nitrogen and oxygen atoms in total. The van der Waals surface area contributed by atoms with Crippen molar-refractivity contribution in [3.05, 3.63) is 24.5 Å². The van der Waals surface area contributed by atoms with Gasteiger partial charge in [-0.2, -0.15) is 0 Å². The normalized spacial score (nSPS) is 11.5. The van der Waals surface area contributed by atoms with Crippen LogP contribution in [0.1, 0.15) is 27.7 Å². The minimum Gasteiger partial charge on any atom is -1.00 e. The van der Waals surface area contributed by atoms with Crippen molar-refractivity contribution >= 4 is 28.5 Å². The van der Waals surface area contributed by atoms with E-state index in [-0.39, 0.29) is 29.2 Å². The molecule has 1 aromatic rings. The number of rotatable bonds is 3. The largest absolute Gasteiger partial charge is 1.00 e. The Morgan fingerprint density at radius 3 is 1.15 bits per heavy atom. The van der Waals surface area contributed by atoms with Gasteiger partial charge < -0.3 is 38.1 Å². The van der Waals surface area contributed by atoms with Crippen LogP contribution < -0.4 is 17.3 Å². The molecule has 0 aliphatic carbocycles. The maximum absolute atomic E-state index is 8.03. The van der Waals surface area contributed by atoms with Crippen molar-refractivity contribution in [3.63, 3.8) is 0 Å². The van der Waals surface area contributed by atoms with E-state index in [1.54, 1.807) is 12.4 Å². The van der Waals surface area contributed by atoms with Gasteiger partial charge in [0.25, 0.3) is 0 Å². The maximum Gasteiger partial charge on any atom is 0.101 e. The minimum absolute atomic E-state index is 0. The summed E-state index contributed by atoms with van der Waals surface area (Å²) in [6.07, 6.45) is 3.57. The van der Waals surface area contributed by atoms with E-state index in [0.717, 1.165) is 0 Å². The topological polar surface area (TPSA) is 146 Å². The summed E-state index contributed by atoms with van der Waals surface area (Å²) >= 11 is 0. The molecule has 0 aliphatic heterocycles. The fourth-order valence-electron chi connectivity index (χ4n) is 0.932. The van der Waals surface area contributed by atoms with Gasteiger partial charge in [-0.05, 0) is 39.8 Å². The molecular formula is C15H26ClCoN6O4-. The Bertz CT molecular complexity index is 546. The third-order valence-corrected chi connectivity index (χ3v) is 2.83. The molecule has 0 aromatic carbocycles. The van der Waals surface area contributed by atoms with Gasteiger partial charge in [0.2, 0.25) is 0 Å². The number of aromatic nitrogens is 1. The van der Waals surface area contributed by atoms with Crippen LogP contribution in [0.5, 0.6) is 0 Å². The zero-order valence-electron chi connectivity index (χ0n) is 16.0. The predicted molar refractivity (Wildman–Crippen MR) is 98.1 cm³/mol. The van der Waals surface area contributed by atoms with E-state index in [1.165, 1.54) is 33.4 Å². The van der Waals surface area contributed by atoms with Gasteiger partial charge in [0.05, 0.1) is 0 Å². The molecule has 0 atom stereocenters. The van der Waals surface area contributed by atoms with Crippen LogP contribution in [0.4, 0.5) is 5.69 Å². The molecule has 4 N–H and O–H groups in total. The van der Waals surface area contributed by atoms with Crippen LogP contribution in [0.15, 0.2) is 45.1 Å². The molecule has 157 valence electrons. The van der Waals surface area contributed by atoms with Gasteiger partial charge in [-0.1, -0.05) is 20.6 Å². The van der Waals surface area contributed by atoms with Crippen LogP contribution in [0.25, 0.3) is 0 Å². The predicted octanol–water partition coefficient (Wildman–Crippen LogP) is -0.478. The van der Waals surface area contributed by atoms with E-state index < -0.39 is 0 Å². The second-order valence-corrected chi connectivity index (χ2v) is 4.84. The smallest absolute Gasteiger partial charge is 0.101 e. The summed E-state index contributed by atoms with van der Waals surface area (Å²) in [5.74, 6) is 0. The van der Waals surface area contributed by atoms with Crippen molar-refractivity contribution in [2.75, 3.05) is 19.0 Å². The van der Waals surface area contributed by atoms with Crippen LogP contribution in [0.2, 0.25) is 0 Å². The number of oxime groups is 4. The SMILES string of the molecule is CC(=N\O)/C(C)=N/O.CC(=N\O)/C(C)=N/O.CN(C)c1ccncc1.[Cl-].[Co]. The molecular weight excluding hydrogens is 423 g/mol. The molecule has 0 amide bonds. The van der Waals surface area contributed by atoms with Crippen LogP contribution in [-0.2, 0) is 16.8 Å². The third kappa shape index (κ3) is 16.8. The zero-order valence-corrected chi connectivity index (χ0v) is 17.8. The average Bonchev–Trinajstić information content (AvgIpc) is 2.66. The molecule has 0 unspecified atom stereocenters. The second-order valence-electron chi connectivity index (χ2n) is 4.84. The second kappa shape index (κ2) is 19.9. The fraction of sp³-hybridized carbons (Fsp3) is 0.400. The monoisotopic (exact) mass is 448 g/mol. The van der Waals surface area contributed by atoms with E-state index >= 15 is 0 Å². The number of anilines is 1. The van der Waals surface area contributed by atoms with Crippen molar-refractivity contribution in [2.45, 2.75) is 27.7 Å². The average molecular weight is 449 g/mol. The number of nitrogens with zero attached hydrogens (tertiary/aromatic N) is 6. The van der Waals surface area contributed by atoms with Crippen molar-refractivity contribution in [3.8, 4) is 0 Å². The first-order valence-corrected chi connectivity index (χ1v) is 7.07. The van der Waals surface area contributed by atoms with Gasteiger partial charge in [0, 0.05) is 49.0 Å². The Balaban J connectivity index is -0.000000142. The maximum atomic E-state index is 8.03. The van der Waals surface area contributed by atoms with Crippen LogP contribution in [0, 0.1) is 0 Å². The standard InChI is InChI=1S/C7H10N2.2C4H8N2O2.ClH.Co/c1-9(2)7-3-5-8-6-4-7;2*1-3(5-7)4(2)6-8;;/h3-6H,1-2H3;2*7-8H,1-2H3;1H;/p-1/b;2*5-3+,6-4+;;. The van der Waals surface area contributed by atoms with Gasteiger partial charge in [-0.25, -0.2) is 0 Å². The Kier molecular flexibility index (Phi) is 23.9. The molecule has 0 fully saturated rings. The first-order chi connectivity index (χ1) is 11.7. The van der Waals surface area contributed by atoms with Crippen LogP contribution >= 0.6 is 0 Å². The van der Waals surface area contributed by atoms with Gasteiger partial charge in [-0.3, -0.25) is 4.98 Å². The summed E-state index contributed by atoms with van der Waals surface area (Å²) in [6, 6.07) is 3.94. The summed E-state index contributed by atoms with van der Waals surface area (Å²) in [6.45, 7) is 6.15. The van der Waals surface area contributed by atoms with Crippen molar-refractivity contribution < 1.29 is 50.0 Å². The molecule has 0 saturated carbocycles. The van der Waals surface area contributed by atoms with Gasteiger partial charge in [-0.15, -0.1) is 0 Å². The molecule has 0 bridgehead atoms. The zero-order chi connectivity index (χ0) is 19.8. The minimum atomic E-state index is 0. The molecule has 1 aromatic heterocycles. The Labute approximate surface area is 175 Å². The van der Waals surface area contributed by atoms with Crippen molar-refractivity contribution in [1.82, 2.24) is 4.98 Å². The summed E-state index contributed by atoms with van der Waals surface area (Å²) in [7, 11) is 4.02. The third-order valence-electron chi connectivity index (χ3n) is 2.83. The molecule has 1 radical (unpaired) electrons. The molecule has 0 saturated heterocycles. The fourth-order valence-corrected chi connectivity index (χ4v) is 0.932. The molecule has 0 spiro atoms. The number of pyridine rings is 1. The first-order valence-electron chi connectivity index (χ1n) is 7.07. The number of hydrogen-bond donors (Lipinski definition) is 4. The first kappa shape index (κ1) is 32.3. The summed E-state index contributed by atoms with van der Waals surface area (Å²) in [5, 5.41) is 43.3. The van der Waals surface area contributed by atoms with Crippen molar-refractivity contribution in [1.29, 1.82) is 0 Å². The molecule has 27 heavy (non-hydrogen) atoms. The van der Waals surface area contributed by atoms with Crippen LogP contribution in [0.3, 0.4) is 0 Å². The Morgan fingerprint density at radius 1 is 0.741 bits per heavy atom. The Hall–Kier alpha value is -2.37. The van der Waals surface area contributed by atoms with E-state index in [9.17, 15) is 0 Å². The van der Waals surface area contributed by atoms with E-state index in [0.29, 0.717) is 22.8 Å². The number of halogens is 1. The molecule has 12 heteroatoms. The van der Waals surface area contributed by atoms with Gasteiger partial charge in [0.1, 0.15) is 22.8 Å². The summed E-state index contributed by atoms with van der Waals surface area (Å²) < 4.78 is 0. The molecule has 0 aliphatic rings. The molecule has 1 heterocycles. The summed E-state index contributed by atoms with van der Waals surface area (Å²) in [5.41, 5.74) is 2.44. The van der Waals surface area contributed by atoms with Gasteiger partial charge in [0.15, 0.2) is 0 Å².